The van der Waals surface area contributed by atoms with Crippen LogP contribution in [0.25, 0.3) is 10.4 Å². The molecule has 2 atom stereocenters. The summed E-state index contributed by atoms with van der Waals surface area (Å²) in [5.41, 5.74) is 8.58. The van der Waals surface area contributed by atoms with Crippen LogP contribution in [0, 0.1) is 5.92 Å². The molecule has 1 N–H and O–H groups in total. The second-order valence-corrected chi connectivity index (χ2v) is 14.0. The van der Waals surface area contributed by atoms with Crippen molar-refractivity contribution in [2.45, 2.75) is 76.8 Å². The first-order valence-electron chi connectivity index (χ1n) is 14.9. The van der Waals surface area contributed by atoms with Crippen LogP contribution in [0.3, 0.4) is 0 Å². The van der Waals surface area contributed by atoms with Gasteiger partial charge in [0.25, 0.3) is 10.2 Å². The molecule has 2 aromatic rings. The first-order chi connectivity index (χ1) is 20.9. The van der Waals surface area contributed by atoms with Gasteiger partial charge >= 0.3 is 13.1 Å². The summed E-state index contributed by atoms with van der Waals surface area (Å²) in [4.78, 5) is 16.6. The highest BCUT2D eigenvalue weighted by molar-refractivity contribution is 7.87. The summed E-state index contributed by atoms with van der Waals surface area (Å²) >= 11 is 0. The smallest absolute Gasteiger partial charge is 0.457 e. The van der Waals surface area contributed by atoms with Crippen molar-refractivity contribution >= 4 is 23.3 Å². The Morgan fingerprint density at radius 2 is 1.64 bits per heavy atom. The van der Waals surface area contributed by atoms with E-state index in [2.05, 4.69) is 14.7 Å². The number of hydrogen-bond acceptors (Lipinski definition) is 8. The van der Waals surface area contributed by atoms with Crippen molar-refractivity contribution < 1.29 is 32.0 Å². The van der Waals surface area contributed by atoms with Gasteiger partial charge in [0.2, 0.25) is 0 Å². The van der Waals surface area contributed by atoms with Crippen molar-refractivity contribution in [1.82, 2.24) is 9.03 Å². The van der Waals surface area contributed by atoms with E-state index in [9.17, 15) is 18.7 Å². The predicted molar refractivity (Wildman–Crippen MR) is 166 cm³/mol. The van der Waals surface area contributed by atoms with Gasteiger partial charge in [0.1, 0.15) is 6.61 Å². The van der Waals surface area contributed by atoms with E-state index >= 15 is 0 Å². The molecular weight excluding hydrogens is 585 g/mol. The molecular formula is C30H42BN5O7S. The number of hydrogen-bond donors (Lipinski definition) is 1. The van der Waals surface area contributed by atoms with Crippen LogP contribution in [0.5, 0.6) is 0 Å². The lowest BCUT2D eigenvalue weighted by atomic mass is 9.78. The predicted octanol–water partition coefficient (Wildman–Crippen LogP) is 4.63. The number of rotatable bonds is 15. The van der Waals surface area contributed by atoms with Gasteiger partial charge in [-0.05, 0) is 63.0 Å². The van der Waals surface area contributed by atoms with Crippen LogP contribution in [0.4, 0.5) is 0 Å². The molecule has 12 nitrogen and oxygen atoms in total. The molecule has 238 valence electrons. The second-order valence-electron chi connectivity index (χ2n) is 12.2. The minimum Gasteiger partial charge on any atom is -0.460 e. The van der Waals surface area contributed by atoms with Crippen molar-refractivity contribution in [1.29, 1.82) is 0 Å². The zero-order chi connectivity index (χ0) is 31.8. The summed E-state index contributed by atoms with van der Waals surface area (Å²) in [5.74, 6) is -1.39. The standard InChI is InChI=1S/C30H42BN5O7S/c1-28(2)29(3,4)43-31(42-28)17-11-16-26-20-36(44(38,39)33-18-19-40-21-24-12-7-5-8-13-24)23-30(26,34-35-32)27(37)41-22-25-14-9-6-10-15-25/h5-10,12-15,26,33H,11,16-23H2,1-4H3/t26-,30?/m0/s1. The molecule has 0 aromatic heterocycles. The van der Waals surface area contributed by atoms with Gasteiger partial charge in [0, 0.05) is 24.5 Å². The number of ether oxygens (including phenoxy) is 2. The summed E-state index contributed by atoms with van der Waals surface area (Å²) in [5, 5.41) is 3.94. The zero-order valence-electron chi connectivity index (χ0n) is 25.8. The third-order valence-corrected chi connectivity index (χ3v) is 10.1. The van der Waals surface area contributed by atoms with E-state index in [1.165, 1.54) is 0 Å². The molecule has 2 fully saturated rings. The lowest BCUT2D eigenvalue weighted by molar-refractivity contribution is -0.152. The van der Waals surface area contributed by atoms with Gasteiger partial charge < -0.3 is 18.8 Å². The largest absolute Gasteiger partial charge is 0.460 e. The minimum atomic E-state index is -4.04. The molecule has 2 heterocycles. The fourth-order valence-electron chi connectivity index (χ4n) is 5.40. The molecule has 2 saturated heterocycles. The Bertz CT molecular complexity index is 1390. The monoisotopic (exact) mass is 627 g/mol. The maximum atomic E-state index is 13.6. The maximum Gasteiger partial charge on any atom is 0.457 e. The highest BCUT2D eigenvalue weighted by Gasteiger charge is 2.56. The minimum absolute atomic E-state index is 0.0248. The highest BCUT2D eigenvalue weighted by atomic mass is 32.2. The number of benzene rings is 2. The van der Waals surface area contributed by atoms with E-state index in [1.54, 1.807) is 0 Å². The van der Waals surface area contributed by atoms with E-state index in [-0.39, 0.29) is 32.8 Å². The maximum absolute atomic E-state index is 13.6. The molecule has 0 radical (unpaired) electrons. The Hall–Kier alpha value is -2.97. The molecule has 2 aliphatic rings. The number of nitrogens with one attached hydrogen (secondary N) is 1. The van der Waals surface area contributed by atoms with E-state index < -0.39 is 46.0 Å². The summed E-state index contributed by atoms with van der Waals surface area (Å²) in [7, 11) is -4.48. The fourth-order valence-corrected chi connectivity index (χ4v) is 6.66. The Balaban J connectivity index is 1.43. The van der Waals surface area contributed by atoms with Crippen molar-refractivity contribution in [2.75, 3.05) is 26.2 Å². The average Bonchev–Trinajstić information content (AvgIpc) is 3.46. The molecule has 0 aliphatic carbocycles. The lowest BCUT2D eigenvalue weighted by Gasteiger charge is -2.32. The van der Waals surface area contributed by atoms with Gasteiger partial charge in [-0.1, -0.05) is 72.2 Å². The Morgan fingerprint density at radius 3 is 2.23 bits per heavy atom. The van der Waals surface area contributed by atoms with E-state index in [0.29, 0.717) is 25.8 Å². The topological polar surface area (TPSA) is 152 Å². The summed E-state index contributed by atoms with van der Waals surface area (Å²) in [6.07, 6.45) is 1.46. The summed E-state index contributed by atoms with van der Waals surface area (Å²) in [6.45, 7) is 8.03. The highest BCUT2D eigenvalue weighted by Crippen LogP contribution is 2.41. The Kier molecular flexibility index (Phi) is 11.1. The molecule has 0 bridgehead atoms. The van der Waals surface area contributed by atoms with E-state index in [1.807, 2.05) is 88.4 Å². The number of esters is 1. The van der Waals surface area contributed by atoms with Gasteiger partial charge in [-0.25, -0.2) is 0 Å². The van der Waals surface area contributed by atoms with Gasteiger partial charge in [-0.15, -0.1) is 0 Å². The van der Waals surface area contributed by atoms with Crippen molar-refractivity contribution in [3.05, 3.63) is 82.2 Å². The van der Waals surface area contributed by atoms with Crippen molar-refractivity contribution in [2.24, 2.45) is 11.0 Å². The molecule has 2 aliphatic heterocycles. The SMILES string of the molecule is CC1(C)OB(CCC[C@H]2CN(S(=O)(=O)NCCOCc3ccccc3)CC2(N=[N+]=[N-])C(=O)OCc2ccccc2)OC1(C)C. The number of nitrogens with zero attached hydrogens (tertiary/aromatic N) is 4. The van der Waals surface area contributed by atoms with Crippen LogP contribution >= 0.6 is 0 Å². The van der Waals surface area contributed by atoms with Gasteiger partial charge in [-0.3, -0.25) is 4.79 Å². The van der Waals surface area contributed by atoms with Gasteiger partial charge in [-0.2, -0.15) is 17.4 Å². The third-order valence-electron chi connectivity index (χ3n) is 8.58. The van der Waals surface area contributed by atoms with Crippen molar-refractivity contribution in [3.63, 3.8) is 0 Å². The number of carbonyl (C=O) groups excluding carboxylic acids is 1. The van der Waals surface area contributed by atoms with Gasteiger partial charge in [0.15, 0.2) is 5.54 Å². The fraction of sp³-hybridized carbons (Fsp3) is 0.567. The lowest BCUT2D eigenvalue weighted by Crippen LogP contribution is -2.47. The third kappa shape index (κ3) is 8.19. The first kappa shape index (κ1) is 33.9. The van der Waals surface area contributed by atoms with E-state index in [4.69, 9.17) is 18.8 Å². The van der Waals surface area contributed by atoms with Crippen molar-refractivity contribution in [3.8, 4) is 0 Å². The molecule has 0 amide bonds. The average molecular weight is 628 g/mol. The van der Waals surface area contributed by atoms with Crippen LogP contribution in [0.15, 0.2) is 65.8 Å². The zero-order valence-corrected chi connectivity index (χ0v) is 26.7. The normalized spacial score (nSPS) is 22.9. The second kappa shape index (κ2) is 14.4. The molecule has 14 heteroatoms. The van der Waals surface area contributed by atoms with Crippen LogP contribution in [0.1, 0.15) is 51.7 Å². The Labute approximate surface area is 260 Å². The van der Waals surface area contributed by atoms with Gasteiger partial charge in [0.05, 0.1) is 24.4 Å². The molecule has 2 aromatic carbocycles. The summed E-state index contributed by atoms with van der Waals surface area (Å²) in [6, 6.07) is 18.7. The van der Waals surface area contributed by atoms with E-state index in [0.717, 1.165) is 15.4 Å². The molecule has 0 saturated carbocycles. The molecule has 44 heavy (non-hydrogen) atoms. The molecule has 0 spiro atoms. The number of azide groups is 1. The van der Waals surface area contributed by atoms with Crippen LogP contribution in [0.2, 0.25) is 6.32 Å². The first-order valence-corrected chi connectivity index (χ1v) is 16.3. The van der Waals surface area contributed by atoms with Crippen LogP contribution in [-0.4, -0.2) is 68.8 Å². The summed E-state index contributed by atoms with van der Waals surface area (Å²) < 4.78 is 53.9. The van der Waals surface area contributed by atoms with Crippen LogP contribution in [-0.2, 0) is 47.0 Å². The molecule has 4 rings (SSSR count). The Morgan fingerprint density at radius 1 is 1.05 bits per heavy atom. The quantitative estimate of drug-likeness (QED) is 0.0755. The molecule has 1 unspecified atom stereocenters. The van der Waals surface area contributed by atoms with Crippen LogP contribution < -0.4 is 4.72 Å². The number of carbonyl (C=O) groups is 1.